The monoisotopic (exact) mass is 416 g/mol. The number of sulfonamides is 1. The minimum atomic E-state index is -3.49. The molecule has 6 nitrogen and oxygen atoms in total. The molecule has 7 heteroatoms. The molecule has 1 N–H and O–H groups in total. The van der Waals surface area contributed by atoms with Gasteiger partial charge in [0.1, 0.15) is 12.4 Å². The van der Waals surface area contributed by atoms with Crippen LogP contribution in [0.4, 0.5) is 0 Å². The number of benzene rings is 2. The summed E-state index contributed by atoms with van der Waals surface area (Å²) in [6, 6.07) is 14.3. The Labute approximate surface area is 172 Å². The van der Waals surface area contributed by atoms with Crippen LogP contribution in [-0.2, 0) is 14.8 Å². The van der Waals surface area contributed by atoms with Crippen molar-refractivity contribution in [3.05, 3.63) is 59.7 Å². The minimum absolute atomic E-state index is 0.0358. The first-order chi connectivity index (χ1) is 13.9. The molecule has 1 amide bonds. The van der Waals surface area contributed by atoms with Crippen molar-refractivity contribution in [2.45, 2.75) is 31.6 Å². The van der Waals surface area contributed by atoms with Gasteiger partial charge in [-0.15, -0.1) is 0 Å². The summed E-state index contributed by atoms with van der Waals surface area (Å²) in [7, 11) is -3.49. The molecule has 0 spiro atoms. The van der Waals surface area contributed by atoms with Gasteiger partial charge in [0.2, 0.25) is 15.9 Å². The highest BCUT2D eigenvalue weighted by Gasteiger charge is 2.31. The molecule has 0 aromatic heterocycles. The molecular weight excluding hydrogens is 388 g/mol. The van der Waals surface area contributed by atoms with Gasteiger partial charge in [-0.2, -0.15) is 4.31 Å². The second-order valence-corrected chi connectivity index (χ2v) is 9.27. The Kier molecular flexibility index (Phi) is 6.92. The molecule has 1 saturated heterocycles. The largest absolute Gasteiger partial charge is 0.491 e. The Hall–Kier alpha value is -2.38. The summed E-state index contributed by atoms with van der Waals surface area (Å²) < 4.78 is 32.6. The molecule has 0 atom stereocenters. The Balaban J connectivity index is 1.44. The zero-order chi connectivity index (χ0) is 20.9. The fourth-order valence-corrected chi connectivity index (χ4v) is 4.95. The van der Waals surface area contributed by atoms with Crippen molar-refractivity contribution in [3.8, 4) is 5.75 Å². The molecule has 0 radical (unpaired) electrons. The van der Waals surface area contributed by atoms with Crippen LogP contribution in [0.15, 0.2) is 53.4 Å². The number of aryl methyl sites for hydroxylation is 1. The Bertz CT molecular complexity index is 937. The van der Waals surface area contributed by atoms with E-state index in [1.807, 2.05) is 32.0 Å². The maximum absolute atomic E-state index is 12.7. The summed E-state index contributed by atoms with van der Waals surface area (Å²) >= 11 is 0. The van der Waals surface area contributed by atoms with Crippen LogP contribution in [-0.4, -0.2) is 44.9 Å². The first-order valence-electron chi connectivity index (χ1n) is 9.91. The molecule has 2 aromatic rings. The zero-order valence-corrected chi connectivity index (χ0v) is 17.7. The summed E-state index contributed by atoms with van der Waals surface area (Å²) in [4.78, 5) is 12.7. The normalized spacial score (nSPS) is 15.8. The quantitative estimate of drug-likeness (QED) is 0.704. The Morgan fingerprint density at radius 1 is 1.07 bits per heavy atom. The number of ether oxygens (including phenoxy) is 1. The van der Waals surface area contributed by atoms with Gasteiger partial charge in [-0.05, 0) is 56.0 Å². The smallest absolute Gasteiger partial charge is 0.243 e. The van der Waals surface area contributed by atoms with Gasteiger partial charge in [-0.25, -0.2) is 8.42 Å². The number of nitrogens with one attached hydrogen (secondary N) is 1. The average Bonchev–Trinajstić information content (AvgIpc) is 2.74. The van der Waals surface area contributed by atoms with Gasteiger partial charge in [0.05, 0.1) is 11.4 Å². The number of amides is 1. The fraction of sp³-hybridized carbons (Fsp3) is 0.409. The maximum atomic E-state index is 12.7. The predicted molar refractivity (Wildman–Crippen MR) is 112 cm³/mol. The standard InChI is InChI=1S/C22H28N2O4S/c1-17-7-6-10-21(18(17)2)28-16-13-23-22(25)19-11-14-24(15-12-19)29(26,27)20-8-4-3-5-9-20/h3-10,19H,11-16H2,1-2H3,(H,23,25). The van der Waals surface area contributed by atoms with Gasteiger partial charge >= 0.3 is 0 Å². The Morgan fingerprint density at radius 3 is 2.45 bits per heavy atom. The highest BCUT2D eigenvalue weighted by Crippen LogP contribution is 2.24. The third-order valence-corrected chi connectivity index (χ3v) is 7.33. The van der Waals surface area contributed by atoms with Gasteiger partial charge in [-0.3, -0.25) is 4.79 Å². The number of carbonyl (C=O) groups is 1. The second-order valence-electron chi connectivity index (χ2n) is 7.33. The lowest BCUT2D eigenvalue weighted by Crippen LogP contribution is -2.43. The van der Waals surface area contributed by atoms with Crippen molar-refractivity contribution < 1.29 is 17.9 Å². The van der Waals surface area contributed by atoms with Gasteiger partial charge in [-0.1, -0.05) is 30.3 Å². The van der Waals surface area contributed by atoms with Crippen molar-refractivity contribution in [3.63, 3.8) is 0 Å². The molecule has 1 fully saturated rings. The van der Waals surface area contributed by atoms with E-state index < -0.39 is 10.0 Å². The third kappa shape index (κ3) is 5.16. The van der Waals surface area contributed by atoms with Gasteiger partial charge in [0, 0.05) is 19.0 Å². The zero-order valence-electron chi connectivity index (χ0n) is 16.9. The highest BCUT2D eigenvalue weighted by atomic mass is 32.2. The van der Waals surface area contributed by atoms with E-state index in [1.54, 1.807) is 30.3 Å². The lowest BCUT2D eigenvalue weighted by molar-refractivity contribution is -0.126. The van der Waals surface area contributed by atoms with Crippen LogP contribution in [0.2, 0.25) is 0 Å². The molecule has 0 saturated carbocycles. The second kappa shape index (κ2) is 9.41. The number of hydrogen-bond donors (Lipinski definition) is 1. The van der Waals surface area contributed by atoms with Crippen molar-refractivity contribution >= 4 is 15.9 Å². The van der Waals surface area contributed by atoms with Crippen LogP contribution >= 0.6 is 0 Å². The molecule has 1 heterocycles. The SMILES string of the molecule is Cc1cccc(OCCNC(=O)C2CCN(S(=O)(=O)c3ccccc3)CC2)c1C. The van der Waals surface area contributed by atoms with Gasteiger partial charge in [0.25, 0.3) is 0 Å². The number of nitrogens with zero attached hydrogens (tertiary/aromatic N) is 1. The van der Waals surface area contributed by atoms with Crippen molar-refractivity contribution in [1.82, 2.24) is 9.62 Å². The van der Waals surface area contributed by atoms with Gasteiger partial charge in [0.15, 0.2) is 0 Å². The first-order valence-corrected chi connectivity index (χ1v) is 11.4. The molecule has 1 aliphatic heterocycles. The summed E-state index contributed by atoms with van der Waals surface area (Å²) in [5.41, 5.74) is 2.27. The van der Waals surface area contributed by atoms with E-state index in [0.29, 0.717) is 44.0 Å². The molecule has 156 valence electrons. The Morgan fingerprint density at radius 2 is 1.76 bits per heavy atom. The van der Waals surface area contributed by atoms with Crippen molar-refractivity contribution in [1.29, 1.82) is 0 Å². The minimum Gasteiger partial charge on any atom is -0.491 e. The van der Waals surface area contributed by atoms with E-state index in [0.717, 1.165) is 11.3 Å². The average molecular weight is 417 g/mol. The summed E-state index contributed by atoms with van der Waals surface area (Å²) in [5.74, 6) is 0.628. The maximum Gasteiger partial charge on any atom is 0.243 e. The van der Waals surface area contributed by atoms with E-state index in [-0.39, 0.29) is 11.8 Å². The number of carbonyl (C=O) groups excluding carboxylic acids is 1. The van der Waals surface area contributed by atoms with Crippen LogP contribution in [0, 0.1) is 19.8 Å². The van der Waals surface area contributed by atoms with E-state index in [1.165, 1.54) is 9.87 Å². The van der Waals surface area contributed by atoms with Crippen LogP contribution in [0.3, 0.4) is 0 Å². The molecule has 0 unspecified atom stereocenters. The topological polar surface area (TPSA) is 75.7 Å². The molecule has 0 aliphatic carbocycles. The number of hydrogen-bond acceptors (Lipinski definition) is 4. The lowest BCUT2D eigenvalue weighted by Gasteiger charge is -2.30. The molecule has 0 bridgehead atoms. The van der Waals surface area contributed by atoms with Crippen LogP contribution in [0.1, 0.15) is 24.0 Å². The lowest BCUT2D eigenvalue weighted by atomic mass is 9.97. The number of piperidine rings is 1. The van der Waals surface area contributed by atoms with E-state index in [9.17, 15) is 13.2 Å². The van der Waals surface area contributed by atoms with Crippen molar-refractivity contribution in [2.75, 3.05) is 26.2 Å². The van der Waals surface area contributed by atoms with Gasteiger partial charge < -0.3 is 10.1 Å². The molecular formula is C22H28N2O4S. The fourth-order valence-electron chi connectivity index (χ4n) is 3.46. The van der Waals surface area contributed by atoms with E-state index in [4.69, 9.17) is 4.74 Å². The van der Waals surface area contributed by atoms with Crippen LogP contribution in [0.5, 0.6) is 5.75 Å². The molecule has 29 heavy (non-hydrogen) atoms. The molecule has 2 aromatic carbocycles. The van der Waals surface area contributed by atoms with Crippen LogP contribution < -0.4 is 10.1 Å². The first kappa shape index (κ1) is 21.3. The van der Waals surface area contributed by atoms with E-state index >= 15 is 0 Å². The third-order valence-electron chi connectivity index (χ3n) is 5.42. The molecule has 1 aliphatic rings. The van der Waals surface area contributed by atoms with E-state index in [2.05, 4.69) is 5.32 Å². The summed E-state index contributed by atoms with van der Waals surface area (Å²) in [6.45, 7) is 5.59. The number of rotatable bonds is 7. The summed E-state index contributed by atoms with van der Waals surface area (Å²) in [5, 5.41) is 2.91. The highest BCUT2D eigenvalue weighted by molar-refractivity contribution is 7.89. The molecule has 3 rings (SSSR count). The van der Waals surface area contributed by atoms with Crippen LogP contribution in [0.25, 0.3) is 0 Å². The van der Waals surface area contributed by atoms with Crippen molar-refractivity contribution in [2.24, 2.45) is 5.92 Å². The summed E-state index contributed by atoms with van der Waals surface area (Å²) in [6.07, 6.45) is 1.05. The predicted octanol–water partition coefficient (Wildman–Crippen LogP) is 2.90.